The molecule has 116 valence electrons. The van der Waals surface area contributed by atoms with Gasteiger partial charge in [0.25, 0.3) is 11.6 Å². The van der Waals surface area contributed by atoms with Gasteiger partial charge in [0, 0.05) is 30.8 Å². The molecule has 0 unspecified atom stereocenters. The number of carbonyl (C=O) groups is 1. The second-order valence-corrected chi connectivity index (χ2v) is 5.04. The lowest BCUT2D eigenvalue weighted by molar-refractivity contribution is -0.385. The van der Waals surface area contributed by atoms with Crippen LogP contribution in [0, 0.1) is 10.1 Å². The summed E-state index contributed by atoms with van der Waals surface area (Å²) in [7, 11) is 1.67. The number of nitro benzene ring substituents is 1. The molecule has 1 N–H and O–H groups in total. The van der Waals surface area contributed by atoms with Gasteiger partial charge >= 0.3 is 0 Å². The Morgan fingerprint density at radius 2 is 2.05 bits per heavy atom. The average Bonchev–Trinajstić information content (AvgIpc) is 2.43. The highest BCUT2D eigenvalue weighted by molar-refractivity contribution is 5.77. The van der Waals surface area contributed by atoms with E-state index < -0.39 is 11.0 Å². The van der Waals surface area contributed by atoms with Gasteiger partial charge in [0.15, 0.2) is 6.61 Å². The van der Waals surface area contributed by atoms with E-state index in [2.05, 4.69) is 0 Å². The Balaban J connectivity index is 2.88. The molecule has 0 bridgehead atoms. The van der Waals surface area contributed by atoms with Crippen molar-refractivity contribution in [2.24, 2.45) is 0 Å². The van der Waals surface area contributed by atoms with E-state index in [0.717, 1.165) is 0 Å². The summed E-state index contributed by atoms with van der Waals surface area (Å²) in [5.41, 5.74) is 0.146. The van der Waals surface area contributed by atoms with Crippen LogP contribution in [0.3, 0.4) is 0 Å². The van der Waals surface area contributed by atoms with Crippen molar-refractivity contribution < 1.29 is 19.6 Å². The molecule has 1 amide bonds. The van der Waals surface area contributed by atoms with Crippen molar-refractivity contribution in [1.82, 2.24) is 4.90 Å². The number of hydrogen-bond donors (Lipinski definition) is 1. The first kappa shape index (κ1) is 16.9. The van der Waals surface area contributed by atoms with Crippen LogP contribution in [0.15, 0.2) is 18.2 Å². The maximum Gasteiger partial charge on any atom is 0.270 e. The smallest absolute Gasteiger partial charge is 0.270 e. The zero-order valence-electron chi connectivity index (χ0n) is 12.6. The van der Waals surface area contributed by atoms with Gasteiger partial charge in [-0.2, -0.15) is 0 Å². The zero-order chi connectivity index (χ0) is 16.2. The number of rotatable bonds is 6. The maximum atomic E-state index is 11.8. The SMILES string of the molecule is CC(C)N(C)C(=O)COc1ccc([N+](=O)[O-])cc1[C@H](C)O. The number of aliphatic hydroxyl groups is 1. The Morgan fingerprint density at radius 1 is 1.43 bits per heavy atom. The van der Waals surface area contributed by atoms with Crippen LogP contribution in [0.4, 0.5) is 5.69 Å². The topological polar surface area (TPSA) is 92.9 Å². The molecule has 1 rings (SSSR count). The van der Waals surface area contributed by atoms with E-state index in [0.29, 0.717) is 0 Å². The molecule has 0 aliphatic rings. The van der Waals surface area contributed by atoms with E-state index in [1.165, 1.54) is 30.0 Å². The third-order valence-electron chi connectivity index (χ3n) is 3.17. The quantitative estimate of drug-likeness (QED) is 0.639. The van der Waals surface area contributed by atoms with Gasteiger partial charge in [-0.05, 0) is 26.8 Å². The lowest BCUT2D eigenvalue weighted by atomic mass is 10.1. The van der Waals surface area contributed by atoms with Crippen LogP contribution in [0.2, 0.25) is 0 Å². The molecule has 1 aromatic carbocycles. The third kappa shape index (κ3) is 4.42. The number of benzene rings is 1. The van der Waals surface area contributed by atoms with Crippen LogP contribution < -0.4 is 4.74 Å². The fourth-order valence-electron chi connectivity index (χ4n) is 1.64. The van der Waals surface area contributed by atoms with E-state index in [1.54, 1.807) is 7.05 Å². The van der Waals surface area contributed by atoms with E-state index in [9.17, 15) is 20.0 Å². The van der Waals surface area contributed by atoms with Gasteiger partial charge in [0.05, 0.1) is 11.0 Å². The lowest BCUT2D eigenvalue weighted by Crippen LogP contribution is -2.36. The van der Waals surface area contributed by atoms with Crippen molar-refractivity contribution >= 4 is 11.6 Å². The van der Waals surface area contributed by atoms with Gasteiger partial charge in [-0.15, -0.1) is 0 Å². The number of carbonyl (C=O) groups excluding carboxylic acids is 1. The number of ether oxygens (including phenoxy) is 1. The van der Waals surface area contributed by atoms with Gasteiger partial charge in [0.1, 0.15) is 5.75 Å². The van der Waals surface area contributed by atoms with Crippen molar-refractivity contribution in [3.05, 3.63) is 33.9 Å². The molecule has 0 aliphatic carbocycles. The van der Waals surface area contributed by atoms with Crippen LogP contribution >= 0.6 is 0 Å². The summed E-state index contributed by atoms with van der Waals surface area (Å²) in [6.07, 6.45) is -0.933. The fourth-order valence-corrected chi connectivity index (χ4v) is 1.64. The molecule has 1 atom stereocenters. The molecule has 0 fully saturated rings. The largest absolute Gasteiger partial charge is 0.483 e. The van der Waals surface area contributed by atoms with Crippen molar-refractivity contribution in [2.45, 2.75) is 32.9 Å². The van der Waals surface area contributed by atoms with Crippen LogP contribution in [-0.4, -0.2) is 40.5 Å². The Morgan fingerprint density at radius 3 is 2.52 bits per heavy atom. The average molecular weight is 296 g/mol. The number of likely N-dealkylation sites (N-methyl/N-ethyl adjacent to an activating group) is 1. The highest BCUT2D eigenvalue weighted by atomic mass is 16.6. The number of non-ortho nitro benzene ring substituents is 1. The zero-order valence-corrected chi connectivity index (χ0v) is 12.6. The number of nitro groups is 1. The van der Waals surface area contributed by atoms with E-state index in [-0.39, 0.29) is 35.6 Å². The lowest BCUT2D eigenvalue weighted by Gasteiger charge is -2.22. The minimum absolute atomic E-state index is 0.0502. The molecule has 0 radical (unpaired) electrons. The Bertz CT molecular complexity index is 528. The van der Waals surface area contributed by atoms with Gasteiger partial charge in [-0.1, -0.05) is 0 Å². The third-order valence-corrected chi connectivity index (χ3v) is 3.17. The normalized spacial score (nSPS) is 12.1. The number of amides is 1. The Labute approximate surface area is 123 Å². The monoisotopic (exact) mass is 296 g/mol. The number of hydrogen-bond acceptors (Lipinski definition) is 5. The molecule has 21 heavy (non-hydrogen) atoms. The molecule has 7 nitrogen and oxygen atoms in total. The molecule has 7 heteroatoms. The Hall–Kier alpha value is -2.15. The molecule has 1 aromatic rings. The second kappa shape index (κ2) is 7.03. The molecule has 0 spiro atoms. The van der Waals surface area contributed by atoms with Crippen molar-refractivity contribution in [2.75, 3.05) is 13.7 Å². The van der Waals surface area contributed by atoms with Gasteiger partial charge < -0.3 is 14.7 Å². The highest BCUT2D eigenvalue weighted by Crippen LogP contribution is 2.29. The highest BCUT2D eigenvalue weighted by Gasteiger charge is 2.18. The minimum atomic E-state index is -0.933. The summed E-state index contributed by atoms with van der Waals surface area (Å²) in [4.78, 5) is 23.6. The summed E-state index contributed by atoms with van der Waals surface area (Å²) in [5, 5.41) is 20.4. The first-order valence-electron chi connectivity index (χ1n) is 6.59. The predicted octanol–water partition coefficient (Wildman–Crippen LogP) is 1.89. The first-order valence-corrected chi connectivity index (χ1v) is 6.59. The fraction of sp³-hybridized carbons (Fsp3) is 0.500. The summed E-state index contributed by atoms with van der Waals surface area (Å²) < 4.78 is 5.39. The molecule has 0 heterocycles. The Kier molecular flexibility index (Phi) is 5.66. The standard InChI is InChI=1S/C14H20N2O5/c1-9(2)15(4)14(18)8-21-13-6-5-11(16(19)20)7-12(13)10(3)17/h5-7,9-10,17H,8H2,1-4H3/t10-/m0/s1. The molecule has 0 saturated carbocycles. The van der Waals surface area contributed by atoms with Gasteiger partial charge in [0.2, 0.25) is 0 Å². The molecule has 0 aromatic heterocycles. The molecular formula is C14H20N2O5. The van der Waals surface area contributed by atoms with Gasteiger partial charge in [-0.3, -0.25) is 14.9 Å². The van der Waals surface area contributed by atoms with E-state index in [1.807, 2.05) is 13.8 Å². The van der Waals surface area contributed by atoms with E-state index in [4.69, 9.17) is 4.74 Å². The van der Waals surface area contributed by atoms with Crippen LogP contribution in [0.5, 0.6) is 5.75 Å². The first-order chi connectivity index (χ1) is 9.73. The summed E-state index contributed by atoms with van der Waals surface area (Å²) in [5.74, 6) is 0.0565. The second-order valence-electron chi connectivity index (χ2n) is 5.04. The summed E-state index contributed by atoms with van der Waals surface area (Å²) >= 11 is 0. The summed E-state index contributed by atoms with van der Waals surface area (Å²) in [6, 6.07) is 3.96. The van der Waals surface area contributed by atoms with Crippen molar-refractivity contribution in [1.29, 1.82) is 0 Å². The minimum Gasteiger partial charge on any atom is -0.483 e. The van der Waals surface area contributed by atoms with Crippen LogP contribution in [-0.2, 0) is 4.79 Å². The maximum absolute atomic E-state index is 11.8. The van der Waals surface area contributed by atoms with Gasteiger partial charge in [-0.25, -0.2) is 0 Å². The number of nitrogens with zero attached hydrogens (tertiary/aromatic N) is 2. The molecular weight excluding hydrogens is 276 g/mol. The molecule has 0 aliphatic heterocycles. The van der Waals surface area contributed by atoms with Crippen molar-refractivity contribution in [3.63, 3.8) is 0 Å². The summed E-state index contributed by atoms with van der Waals surface area (Å²) in [6.45, 7) is 5.05. The predicted molar refractivity (Wildman–Crippen MR) is 77.1 cm³/mol. The number of aliphatic hydroxyl groups excluding tert-OH is 1. The van der Waals surface area contributed by atoms with Crippen molar-refractivity contribution in [3.8, 4) is 5.75 Å². The van der Waals surface area contributed by atoms with Crippen LogP contribution in [0.25, 0.3) is 0 Å². The van der Waals surface area contributed by atoms with Crippen LogP contribution in [0.1, 0.15) is 32.4 Å². The van der Waals surface area contributed by atoms with E-state index >= 15 is 0 Å². The molecule has 0 saturated heterocycles.